The van der Waals surface area contributed by atoms with Gasteiger partial charge in [-0.15, -0.1) is 0 Å². The average molecular weight is 241 g/mol. The van der Waals surface area contributed by atoms with Crippen LogP contribution in [0.1, 0.15) is 5.56 Å². The molecule has 0 bridgehead atoms. The van der Waals surface area contributed by atoms with Gasteiger partial charge in [-0.05, 0) is 30.8 Å². The van der Waals surface area contributed by atoms with Crippen molar-refractivity contribution in [2.75, 3.05) is 0 Å². The molecule has 1 N–H and O–H groups in total. The molecule has 0 atom stereocenters. The Labute approximate surface area is 96.3 Å². The van der Waals surface area contributed by atoms with E-state index >= 15 is 0 Å². The second kappa shape index (κ2) is 3.47. The van der Waals surface area contributed by atoms with Crippen molar-refractivity contribution in [3.8, 4) is 0 Å². The van der Waals surface area contributed by atoms with Gasteiger partial charge in [-0.25, -0.2) is 0 Å². The van der Waals surface area contributed by atoms with Crippen LogP contribution in [0.4, 0.5) is 0 Å². The maximum Gasteiger partial charge on any atom is 0.263 e. The number of fused-ring (bicyclic) bond motifs is 1. The van der Waals surface area contributed by atoms with Crippen LogP contribution < -0.4 is 5.56 Å². The fraction of sp³-hybridized carbons (Fsp3) is 0.200. The minimum absolute atomic E-state index is 0.164. The molecule has 2 rings (SSSR count). The van der Waals surface area contributed by atoms with Crippen molar-refractivity contribution < 1.29 is 0 Å². The molecular weight excluding hydrogens is 232 g/mol. The highest BCUT2D eigenvalue weighted by atomic mass is 35.5. The maximum atomic E-state index is 11.9. The van der Waals surface area contributed by atoms with E-state index in [1.165, 1.54) is 4.57 Å². The summed E-state index contributed by atoms with van der Waals surface area (Å²) in [6, 6.07) is 3.58. The maximum absolute atomic E-state index is 11.9. The smallest absolute Gasteiger partial charge is 0.263 e. The molecule has 0 saturated heterocycles. The van der Waals surface area contributed by atoms with Crippen molar-refractivity contribution in [2.24, 2.45) is 7.05 Å². The fourth-order valence-corrected chi connectivity index (χ4v) is 1.93. The van der Waals surface area contributed by atoms with E-state index in [0.29, 0.717) is 15.2 Å². The molecule has 15 heavy (non-hydrogen) atoms. The fourth-order valence-electron chi connectivity index (χ4n) is 1.50. The predicted molar refractivity (Wildman–Crippen MR) is 64.1 cm³/mol. The van der Waals surface area contributed by atoms with Crippen LogP contribution in [0, 0.1) is 11.7 Å². The summed E-state index contributed by atoms with van der Waals surface area (Å²) in [4.78, 5) is 14.9. The Kier molecular flexibility index (Phi) is 2.40. The van der Waals surface area contributed by atoms with Gasteiger partial charge in [-0.1, -0.05) is 17.7 Å². The molecule has 0 saturated carbocycles. The highest BCUT2D eigenvalue weighted by Crippen LogP contribution is 2.21. The Morgan fingerprint density at radius 3 is 2.80 bits per heavy atom. The Morgan fingerprint density at radius 2 is 2.13 bits per heavy atom. The van der Waals surface area contributed by atoms with E-state index in [0.717, 1.165) is 11.1 Å². The molecule has 0 aliphatic rings. The third-order valence-electron chi connectivity index (χ3n) is 2.42. The number of rotatable bonds is 0. The molecule has 0 spiro atoms. The summed E-state index contributed by atoms with van der Waals surface area (Å²) in [7, 11) is 1.62. The van der Waals surface area contributed by atoms with Crippen molar-refractivity contribution in [3.63, 3.8) is 0 Å². The number of aromatic nitrogens is 2. The second-order valence-corrected chi connectivity index (χ2v) is 4.20. The highest BCUT2D eigenvalue weighted by molar-refractivity contribution is 7.71. The van der Waals surface area contributed by atoms with Crippen LogP contribution in [-0.4, -0.2) is 9.55 Å². The summed E-state index contributed by atoms with van der Waals surface area (Å²) in [5.74, 6) is 0. The lowest BCUT2D eigenvalue weighted by Crippen LogP contribution is -2.19. The molecule has 0 unspecified atom stereocenters. The van der Waals surface area contributed by atoms with Gasteiger partial charge in [0.2, 0.25) is 0 Å². The molecule has 0 fully saturated rings. The number of nitrogens with one attached hydrogen (secondary N) is 1. The van der Waals surface area contributed by atoms with Gasteiger partial charge < -0.3 is 4.98 Å². The van der Waals surface area contributed by atoms with Gasteiger partial charge in [-0.2, -0.15) is 0 Å². The number of aromatic amines is 1. The van der Waals surface area contributed by atoms with E-state index in [1.54, 1.807) is 13.1 Å². The minimum Gasteiger partial charge on any atom is -0.331 e. The summed E-state index contributed by atoms with van der Waals surface area (Å²) in [5, 5.41) is 0.940. The molecule has 5 heteroatoms. The summed E-state index contributed by atoms with van der Waals surface area (Å²) >= 11 is 11.0. The first-order valence-electron chi connectivity index (χ1n) is 4.40. The molecule has 1 aromatic heterocycles. The topological polar surface area (TPSA) is 37.8 Å². The van der Waals surface area contributed by atoms with E-state index in [4.69, 9.17) is 23.8 Å². The summed E-state index contributed by atoms with van der Waals surface area (Å²) in [6.45, 7) is 1.91. The van der Waals surface area contributed by atoms with Gasteiger partial charge in [0.25, 0.3) is 5.56 Å². The molecular formula is C10H9ClN2OS. The first kappa shape index (κ1) is 10.4. The second-order valence-electron chi connectivity index (χ2n) is 3.41. The Balaban J connectivity index is 3.19. The Bertz CT molecular complexity index is 657. The zero-order valence-corrected chi connectivity index (χ0v) is 9.87. The van der Waals surface area contributed by atoms with Crippen molar-refractivity contribution in [2.45, 2.75) is 6.92 Å². The van der Waals surface area contributed by atoms with Crippen molar-refractivity contribution in [3.05, 3.63) is 37.8 Å². The van der Waals surface area contributed by atoms with Crippen LogP contribution in [0.2, 0.25) is 5.02 Å². The van der Waals surface area contributed by atoms with E-state index in [-0.39, 0.29) is 5.56 Å². The van der Waals surface area contributed by atoms with Crippen LogP contribution in [0.25, 0.3) is 10.9 Å². The number of aryl methyl sites for hydroxylation is 1. The van der Waals surface area contributed by atoms with E-state index in [9.17, 15) is 4.79 Å². The molecule has 1 heterocycles. The molecule has 0 aliphatic heterocycles. The van der Waals surface area contributed by atoms with Crippen LogP contribution in [0.15, 0.2) is 16.9 Å². The van der Waals surface area contributed by atoms with Gasteiger partial charge in [0.05, 0.1) is 15.9 Å². The molecule has 0 aliphatic carbocycles. The third kappa shape index (κ3) is 1.50. The summed E-state index contributed by atoms with van der Waals surface area (Å²) in [6.07, 6.45) is 0. The summed E-state index contributed by atoms with van der Waals surface area (Å²) < 4.78 is 1.78. The van der Waals surface area contributed by atoms with Crippen molar-refractivity contribution >= 4 is 34.7 Å². The first-order chi connectivity index (χ1) is 7.02. The minimum atomic E-state index is -0.164. The van der Waals surface area contributed by atoms with Gasteiger partial charge in [0, 0.05) is 7.05 Å². The van der Waals surface area contributed by atoms with E-state index in [2.05, 4.69) is 4.98 Å². The monoisotopic (exact) mass is 240 g/mol. The molecule has 3 nitrogen and oxygen atoms in total. The first-order valence-corrected chi connectivity index (χ1v) is 5.19. The zero-order valence-electron chi connectivity index (χ0n) is 8.30. The van der Waals surface area contributed by atoms with Crippen LogP contribution in [0.5, 0.6) is 0 Å². The van der Waals surface area contributed by atoms with Gasteiger partial charge in [0.1, 0.15) is 0 Å². The Morgan fingerprint density at radius 1 is 1.47 bits per heavy atom. The number of benzene rings is 1. The lowest BCUT2D eigenvalue weighted by molar-refractivity contribution is 0.823. The summed E-state index contributed by atoms with van der Waals surface area (Å²) in [5.41, 5.74) is 1.51. The third-order valence-corrected chi connectivity index (χ3v) is 3.11. The number of H-pyrrole nitrogens is 1. The molecule has 2 aromatic rings. The normalized spacial score (nSPS) is 10.9. The lowest BCUT2D eigenvalue weighted by Gasteiger charge is -2.06. The highest BCUT2D eigenvalue weighted by Gasteiger charge is 2.08. The lowest BCUT2D eigenvalue weighted by atomic mass is 10.1. The quantitative estimate of drug-likeness (QED) is 0.719. The average Bonchev–Trinajstić information content (AvgIpc) is 2.20. The van der Waals surface area contributed by atoms with Crippen LogP contribution in [0.3, 0.4) is 0 Å². The number of hydrogen-bond donors (Lipinski definition) is 1. The van der Waals surface area contributed by atoms with Gasteiger partial charge >= 0.3 is 0 Å². The number of hydrogen-bond acceptors (Lipinski definition) is 2. The SMILES string of the molecule is Cc1ccc(Cl)c2c(=O)n(C)c(=S)[nH]c12. The molecule has 78 valence electrons. The zero-order chi connectivity index (χ0) is 11.2. The van der Waals surface area contributed by atoms with E-state index in [1.807, 2.05) is 13.0 Å². The standard InChI is InChI=1S/C10H9ClN2OS/c1-5-3-4-6(11)7-8(5)12-10(15)13(2)9(7)14/h3-4H,1-2H3,(H,12,15). The molecule has 0 radical (unpaired) electrons. The number of halogens is 1. The van der Waals surface area contributed by atoms with Gasteiger partial charge in [-0.3, -0.25) is 9.36 Å². The largest absolute Gasteiger partial charge is 0.331 e. The Hall–Kier alpha value is -1.13. The van der Waals surface area contributed by atoms with Gasteiger partial charge in [0.15, 0.2) is 4.77 Å². The molecule has 0 amide bonds. The van der Waals surface area contributed by atoms with Crippen LogP contribution >= 0.6 is 23.8 Å². The van der Waals surface area contributed by atoms with Crippen molar-refractivity contribution in [1.82, 2.24) is 9.55 Å². The number of nitrogens with zero attached hydrogens (tertiary/aromatic N) is 1. The van der Waals surface area contributed by atoms with E-state index < -0.39 is 0 Å². The van der Waals surface area contributed by atoms with Crippen molar-refractivity contribution in [1.29, 1.82) is 0 Å². The van der Waals surface area contributed by atoms with Crippen LogP contribution in [-0.2, 0) is 7.05 Å². The molecule has 1 aromatic carbocycles. The predicted octanol–water partition coefficient (Wildman–Crippen LogP) is 2.56.